The number of allylic oxidation sites excluding steroid dienone is 1. The largest absolute Gasteiger partial charge is 0.496 e. The normalized spacial score (nSPS) is 27.8. The molecule has 0 radical (unpaired) electrons. The zero-order valence-corrected chi connectivity index (χ0v) is 15.1. The minimum absolute atomic E-state index is 0.0248. The Balaban J connectivity index is 2.18. The van der Waals surface area contributed by atoms with Crippen molar-refractivity contribution in [1.82, 2.24) is 4.90 Å². The molecule has 1 saturated carbocycles. The molecule has 1 aromatic rings. The van der Waals surface area contributed by atoms with E-state index in [1.54, 1.807) is 24.3 Å². The van der Waals surface area contributed by atoms with Crippen LogP contribution in [0.15, 0.2) is 49.2 Å². The minimum atomic E-state index is -1.06. The SMILES string of the molecule is C=CCN1C=C[C@H](c2ccccc2OC)[C@@]2(CC(C)(C)CC2=O)C1=O. The van der Waals surface area contributed by atoms with Gasteiger partial charge in [-0.25, -0.2) is 0 Å². The van der Waals surface area contributed by atoms with Crippen LogP contribution in [0.5, 0.6) is 5.75 Å². The van der Waals surface area contributed by atoms with Gasteiger partial charge in [-0.05, 0) is 17.9 Å². The van der Waals surface area contributed by atoms with Gasteiger partial charge < -0.3 is 9.64 Å². The van der Waals surface area contributed by atoms with E-state index in [1.807, 2.05) is 30.3 Å². The molecule has 0 N–H and O–H groups in total. The maximum atomic E-state index is 13.4. The Morgan fingerprint density at radius 3 is 2.64 bits per heavy atom. The molecule has 1 aliphatic carbocycles. The average Bonchev–Trinajstić information content (AvgIpc) is 2.82. The lowest BCUT2D eigenvalue weighted by Gasteiger charge is -2.41. The molecule has 4 heteroatoms. The van der Waals surface area contributed by atoms with Crippen LogP contribution in [0.3, 0.4) is 0 Å². The number of carbonyl (C=O) groups is 2. The summed E-state index contributed by atoms with van der Waals surface area (Å²) in [5, 5.41) is 0. The van der Waals surface area contributed by atoms with Crippen molar-refractivity contribution in [3.8, 4) is 5.75 Å². The van der Waals surface area contributed by atoms with Crippen molar-refractivity contribution in [3.05, 3.63) is 54.8 Å². The van der Waals surface area contributed by atoms with Crippen molar-refractivity contribution in [2.24, 2.45) is 10.8 Å². The topological polar surface area (TPSA) is 46.6 Å². The standard InChI is InChI=1S/C21H25NO3/c1-5-11-22-12-10-16(15-8-6-7-9-17(15)25-4)21(19(22)24)14-20(2,3)13-18(21)23/h5-10,12,16H,1,11,13-14H2,2-4H3/t16-,21-/m1/s1. The molecule has 1 heterocycles. The number of rotatable bonds is 4. The van der Waals surface area contributed by atoms with Gasteiger partial charge in [-0.2, -0.15) is 0 Å². The van der Waals surface area contributed by atoms with Gasteiger partial charge in [-0.1, -0.05) is 44.2 Å². The van der Waals surface area contributed by atoms with Crippen molar-refractivity contribution >= 4 is 11.7 Å². The van der Waals surface area contributed by atoms with Crippen molar-refractivity contribution in [2.75, 3.05) is 13.7 Å². The van der Waals surface area contributed by atoms with Gasteiger partial charge in [0.15, 0.2) is 0 Å². The van der Waals surface area contributed by atoms with Crippen LogP contribution >= 0.6 is 0 Å². The molecule has 4 nitrogen and oxygen atoms in total. The lowest BCUT2D eigenvalue weighted by molar-refractivity contribution is -0.147. The Kier molecular flexibility index (Phi) is 4.31. The van der Waals surface area contributed by atoms with Gasteiger partial charge in [-0.15, -0.1) is 6.58 Å². The van der Waals surface area contributed by atoms with Crippen LogP contribution < -0.4 is 4.74 Å². The van der Waals surface area contributed by atoms with Crippen molar-refractivity contribution in [2.45, 2.75) is 32.6 Å². The number of ketones is 1. The average molecular weight is 339 g/mol. The molecule has 0 aromatic heterocycles. The number of Topliss-reactive ketones (excluding diaryl/α,β-unsaturated/α-hetero) is 1. The van der Waals surface area contributed by atoms with Gasteiger partial charge >= 0.3 is 0 Å². The molecule has 1 fully saturated rings. The van der Waals surface area contributed by atoms with Crippen LogP contribution in [-0.2, 0) is 9.59 Å². The minimum Gasteiger partial charge on any atom is -0.496 e. The Bertz CT molecular complexity index is 749. The van der Waals surface area contributed by atoms with Gasteiger partial charge in [-0.3, -0.25) is 9.59 Å². The summed E-state index contributed by atoms with van der Waals surface area (Å²) in [6, 6.07) is 7.64. The fourth-order valence-electron chi connectivity index (χ4n) is 4.37. The van der Waals surface area contributed by atoms with E-state index in [4.69, 9.17) is 4.74 Å². The van der Waals surface area contributed by atoms with E-state index >= 15 is 0 Å². The van der Waals surface area contributed by atoms with Crippen LogP contribution in [0.2, 0.25) is 0 Å². The molecule has 3 rings (SSSR count). The van der Waals surface area contributed by atoms with Gasteiger partial charge in [0.1, 0.15) is 16.9 Å². The van der Waals surface area contributed by atoms with Crippen LogP contribution in [0, 0.1) is 10.8 Å². The second-order valence-electron chi connectivity index (χ2n) is 7.72. The molecule has 1 spiro atoms. The van der Waals surface area contributed by atoms with E-state index in [0.29, 0.717) is 25.1 Å². The summed E-state index contributed by atoms with van der Waals surface area (Å²) in [6.45, 7) is 8.25. The molecule has 2 atom stereocenters. The third kappa shape index (κ3) is 2.70. The summed E-state index contributed by atoms with van der Waals surface area (Å²) in [5.41, 5.74) is -0.368. The maximum absolute atomic E-state index is 13.4. The molecule has 132 valence electrons. The molecule has 1 amide bonds. The number of hydrogen-bond donors (Lipinski definition) is 0. The predicted molar refractivity (Wildman–Crippen MR) is 97.2 cm³/mol. The Labute approximate surface area is 149 Å². The van der Waals surface area contributed by atoms with Crippen molar-refractivity contribution in [1.29, 1.82) is 0 Å². The second-order valence-corrected chi connectivity index (χ2v) is 7.72. The van der Waals surface area contributed by atoms with Crippen LogP contribution in [-0.4, -0.2) is 30.2 Å². The van der Waals surface area contributed by atoms with Crippen LogP contribution in [0.4, 0.5) is 0 Å². The highest BCUT2D eigenvalue weighted by Gasteiger charge is 2.61. The fraction of sp³-hybridized carbons (Fsp3) is 0.429. The second kappa shape index (κ2) is 6.17. The van der Waals surface area contributed by atoms with Crippen molar-refractivity contribution in [3.63, 3.8) is 0 Å². The van der Waals surface area contributed by atoms with Gasteiger partial charge in [0.2, 0.25) is 5.91 Å². The predicted octanol–water partition coefficient (Wildman–Crippen LogP) is 3.70. The molecule has 0 bridgehead atoms. The molecule has 1 aromatic carbocycles. The summed E-state index contributed by atoms with van der Waals surface area (Å²) in [7, 11) is 1.62. The number of nitrogens with zero attached hydrogens (tertiary/aromatic N) is 1. The summed E-state index contributed by atoms with van der Waals surface area (Å²) in [4.78, 5) is 28.2. The lowest BCUT2D eigenvalue weighted by atomic mass is 9.66. The molecule has 0 saturated heterocycles. The van der Waals surface area contributed by atoms with E-state index in [0.717, 1.165) is 5.56 Å². The number of hydrogen-bond acceptors (Lipinski definition) is 3. The van der Waals surface area contributed by atoms with E-state index in [1.165, 1.54) is 0 Å². The number of benzene rings is 1. The van der Waals surface area contributed by atoms with Crippen LogP contribution in [0.1, 0.15) is 38.2 Å². The third-order valence-corrected chi connectivity index (χ3v) is 5.33. The summed E-state index contributed by atoms with van der Waals surface area (Å²) >= 11 is 0. The third-order valence-electron chi connectivity index (χ3n) is 5.33. The molecule has 0 unspecified atom stereocenters. The molecule has 25 heavy (non-hydrogen) atoms. The maximum Gasteiger partial charge on any atom is 0.241 e. The number of carbonyl (C=O) groups excluding carboxylic acids is 2. The monoisotopic (exact) mass is 339 g/mol. The molecular formula is C21H25NO3. The van der Waals surface area contributed by atoms with E-state index in [-0.39, 0.29) is 23.0 Å². The first kappa shape index (κ1) is 17.5. The van der Waals surface area contributed by atoms with E-state index in [2.05, 4.69) is 20.4 Å². The number of ether oxygens (including phenoxy) is 1. The highest BCUT2D eigenvalue weighted by molar-refractivity contribution is 6.10. The van der Waals surface area contributed by atoms with E-state index < -0.39 is 5.41 Å². The zero-order chi connectivity index (χ0) is 18.2. The number of methoxy groups -OCH3 is 1. The van der Waals surface area contributed by atoms with Crippen LogP contribution in [0.25, 0.3) is 0 Å². The Hall–Kier alpha value is -2.36. The quantitative estimate of drug-likeness (QED) is 0.621. The summed E-state index contributed by atoms with van der Waals surface area (Å²) in [6.07, 6.45) is 6.40. The Morgan fingerprint density at radius 2 is 2.04 bits per heavy atom. The van der Waals surface area contributed by atoms with Crippen molar-refractivity contribution < 1.29 is 14.3 Å². The highest BCUT2D eigenvalue weighted by Crippen LogP contribution is 2.57. The summed E-state index contributed by atoms with van der Waals surface area (Å²) < 4.78 is 5.51. The van der Waals surface area contributed by atoms with Gasteiger partial charge in [0.05, 0.1) is 7.11 Å². The zero-order valence-electron chi connectivity index (χ0n) is 15.1. The molecule has 2 aliphatic rings. The number of amides is 1. The lowest BCUT2D eigenvalue weighted by Crippen LogP contribution is -2.50. The molecular weight excluding hydrogens is 314 g/mol. The number of para-hydroxylation sites is 1. The first-order valence-electron chi connectivity index (χ1n) is 8.62. The molecule has 1 aliphatic heterocycles. The van der Waals surface area contributed by atoms with Gasteiger partial charge in [0, 0.05) is 30.6 Å². The highest BCUT2D eigenvalue weighted by atomic mass is 16.5. The Morgan fingerprint density at radius 1 is 1.32 bits per heavy atom. The first-order chi connectivity index (χ1) is 11.9. The smallest absolute Gasteiger partial charge is 0.241 e. The fourth-order valence-corrected chi connectivity index (χ4v) is 4.37. The summed E-state index contributed by atoms with van der Waals surface area (Å²) in [5.74, 6) is 0.295. The first-order valence-corrected chi connectivity index (χ1v) is 8.62. The van der Waals surface area contributed by atoms with E-state index in [9.17, 15) is 9.59 Å². The van der Waals surface area contributed by atoms with Gasteiger partial charge in [0.25, 0.3) is 0 Å².